The van der Waals surface area contributed by atoms with Gasteiger partial charge in [0, 0.05) is 5.56 Å². The molecule has 2 aromatic carbocycles. The topological polar surface area (TPSA) is 66.5 Å². The maximum absolute atomic E-state index is 12.8. The van der Waals surface area contributed by atoms with Crippen molar-refractivity contribution in [3.8, 4) is 0 Å². The van der Waals surface area contributed by atoms with Crippen molar-refractivity contribution in [3.05, 3.63) is 58.1 Å². The first-order chi connectivity index (χ1) is 13.9. The number of hydrogen-bond acceptors (Lipinski definition) is 3. The number of hydrogen-bond donors (Lipinski definition) is 1. The summed E-state index contributed by atoms with van der Waals surface area (Å²) in [5, 5.41) is 3.33. The van der Waals surface area contributed by atoms with Crippen molar-refractivity contribution >= 4 is 52.3 Å². The predicted octanol–water partition coefficient (Wildman–Crippen LogP) is 5.17. The lowest BCUT2D eigenvalue weighted by Crippen LogP contribution is -2.30. The summed E-state index contributed by atoms with van der Waals surface area (Å²) in [7, 11) is 0. The highest BCUT2D eigenvalue weighted by Gasteiger charge is 2.49. The van der Waals surface area contributed by atoms with Gasteiger partial charge in [0.1, 0.15) is 0 Å². The zero-order valence-electron chi connectivity index (χ0n) is 15.8. The van der Waals surface area contributed by atoms with Gasteiger partial charge in [-0.25, -0.2) is 0 Å². The Morgan fingerprint density at radius 3 is 2.41 bits per heavy atom. The van der Waals surface area contributed by atoms with Gasteiger partial charge in [-0.15, -0.1) is 0 Å². The molecular formula is C22H20Cl2N2O3. The predicted molar refractivity (Wildman–Crippen MR) is 113 cm³/mol. The van der Waals surface area contributed by atoms with Crippen LogP contribution in [0.25, 0.3) is 0 Å². The fraction of sp³-hybridized carbons (Fsp3) is 0.318. The fourth-order valence-electron chi connectivity index (χ4n) is 4.20. The molecule has 1 N–H and O–H groups in total. The molecular weight excluding hydrogens is 411 g/mol. The molecule has 150 valence electrons. The van der Waals surface area contributed by atoms with Gasteiger partial charge in [-0.05, 0) is 61.6 Å². The summed E-state index contributed by atoms with van der Waals surface area (Å²) < 4.78 is 0. The standard InChI is InChI=1S/C22H20Cl2N2O3/c1-12-5-10-15-16(11-12)22(29)26(21(15)28)14-8-6-13(7-9-14)20(27)25-18-4-2-3-17(23)19(18)24/h2-4,6-9,12,15-16H,5,10-11H2,1H3,(H,25,27). The smallest absolute Gasteiger partial charge is 0.255 e. The highest BCUT2D eigenvalue weighted by atomic mass is 35.5. The minimum absolute atomic E-state index is 0.130. The summed E-state index contributed by atoms with van der Waals surface area (Å²) in [6, 6.07) is 11.4. The van der Waals surface area contributed by atoms with Gasteiger partial charge in [-0.2, -0.15) is 0 Å². The van der Waals surface area contributed by atoms with E-state index in [4.69, 9.17) is 23.2 Å². The molecule has 0 radical (unpaired) electrons. The molecule has 3 unspecified atom stereocenters. The number of benzene rings is 2. The van der Waals surface area contributed by atoms with Gasteiger partial charge in [0.15, 0.2) is 0 Å². The Hall–Kier alpha value is -2.37. The second-order valence-corrected chi connectivity index (χ2v) is 8.53. The molecule has 0 bridgehead atoms. The number of rotatable bonds is 3. The van der Waals surface area contributed by atoms with Crippen LogP contribution in [0, 0.1) is 17.8 Å². The van der Waals surface area contributed by atoms with Crippen molar-refractivity contribution in [2.24, 2.45) is 17.8 Å². The lowest BCUT2D eigenvalue weighted by molar-refractivity contribution is -0.122. The molecule has 3 amide bonds. The fourth-order valence-corrected chi connectivity index (χ4v) is 4.55. The molecule has 0 spiro atoms. The van der Waals surface area contributed by atoms with Crippen LogP contribution in [0.4, 0.5) is 11.4 Å². The molecule has 1 heterocycles. The number of halogens is 2. The van der Waals surface area contributed by atoms with Crippen LogP contribution in [-0.2, 0) is 9.59 Å². The SMILES string of the molecule is CC1CCC2C(=O)N(c3ccc(C(=O)Nc4cccc(Cl)c4Cl)cc3)C(=O)C2C1. The van der Waals surface area contributed by atoms with Crippen LogP contribution in [0.15, 0.2) is 42.5 Å². The van der Waals surface area contributed by atoms with Crippen LogP contribution in [-0.4, -0.2) is 17.7 Å². The van der Waals surface area contributed by atoms with E-state index in [2.05, 4.69) is 12.2 Å². The number of nitrogens with one attached hydrogen (secondary N) is 1. The van der Waals surface area contributed by atoms with Gasteiger partial charge < -0.3 is 5.32 Å². The maximum atomic E-state index is 12.8. The minimum Gasteiger partial charge on any atom is -0.321 e. The number of nitrogens with zero attached hydrogens (tertiary/aromatic N) is 1. The zero-order valence-corrected chi connectivity index (χ0v) is 17.3. The van der Waals surface area contributed by atoms with Gasteiger partial charge in [0.25, 0.3) is 5.91 Å². The molecule has 1 aliphatic heterocycles. The second kappa shape index (κ2) is 7.81. The molecule has 0 aromatic heterocycles. The molecule has 5 nitrogen and oxygen atoms in total. The van der Waals surface area contributed by atoms with E-state index in [0.717, 1.165) is 19.3 Å². The minimum atomic E-state index is -0.359. The number of fused-ring (bicyclic) bond motifs is 1. The lowest BCUT2D eigenvalue weighted by Gasteiger charge is -2.25. The van der Waals surface area contributed by atoms with Crippen molar-refractivity contribution in [2.75, 3.05) is 10.2 Å². The molecule has 4 rings (SSSR count). The van der Waals surface area contributed by atoms with Crippen LogP contribution in [0.1, 0.15) is 36.5 Å². The number of imide groups is 1. The Labute approximate surface area is 179 Å². The van der Waals surface area contributed by atoms with E-state index in [-0.39, 0.29) is 34.6 Å². The van der Waals surface area contributed by atoms with Crippen LogP contribution >= 0.6 is 23.2 Å². The highest BCUT2D eigenvalue weighted by Crippen LogP contribution is 2.42. The monoisotopic (exact) mass is 430 g/mol. The molecule has 1 saturated heterocycles. The van der Waals surface area contributed by atoms with E-state index < -0.39 is 0 Å². The normalized spacial score (nSPS) is 23.8. The summed E-state index contributed by atoms with van der Waals surface area (Å²) in [5.41, 5.74) is 1.30. The van der Waals surface area contributed by atoms with E-state index in [1.807, 2.05) is 0 Å². The number of amides is 3. The van der Waals surface area contributed by atoms with Gasteiger partial charge in [-0.1, -0.05) is 36.2 Å². The molecule has 1 aliphatic carbocycles. The Morgan fingerprint density at radius 1 is 1.00 bits per heavy atom. The summed E-state index contributed by atoms with van der Waals surface area (Å²) in [5.74, 6) is -0.602. The van der Waals surface area contributed by atoms with Crippen LogP contribution < -0.4 is 10.2 Å². The summed E-state index contributed by atoms with van der Waals surface area (Å²) in [6.07, 6.45) is 2.49. The average Bonchev–Trinajstić information content (AvgIpc) is 2.95. The molecule has 7 heteroatoms. The average molecular weight is 431 g/mol. The van der Waals surface area contributed by atoms with E-state index in [1.54, 1.807) is 42.5 Å². The van der Waals surface area contributed by atoms with Crippen molar-refractivity contribution in [1.29, 1.82) is 0 Å². The van der Waals surface area contributed by atoms with E-state index in [0.29, 0.717) is 27.9 Å². The first kappa shape index (κ1) is 19.9. The van der Waals surface area contributed by atoms with Gasteiger partial charge in [0.2, 0.25) is 11.8 Å². The van der Waals surface area contributed by atoms with Crippen molar-refractivity contribution in [1.82, 2.24) is 0 Å². The highest BCUT2D eigenvalue weighted by molar-refractivity contribution is 6.44. The molecule has 3 atom stereocenters. The first-order valence-corrected chi connectivity index (χ1v) is 10.4. The summed E-state index contributed by atoms with van der Waals surface area (Å²) in [4.78, 5) is 39.4. The lowest BCUT2D eigenvalue weighted by atomic mass is 9.76. The van der Waals surface area contributed by atoms with Gasteiger partial charge in [0.05, 0.1) is 33.3 Å². The Balaban J connectivity index is 1.52. The van der Waals surface area contributed by atoms with Crippen LogP contribution in [0.3, 0.4) is 0 Å². The van der Waals surface area contributed by atoms with Crippen molar-refractivity contribution < 1.29 is 14.4 Å². The third-order valence-corrected chi connectivity index (χ3v) is 6.59. The molecule has 2 fully saturated rings. The van der Waals surface area contributed by atoms with Crippen LogP contribution in [0.5, 0.6) is 0 Å². The number of carbonyl (C=O) groups excluding carboxylic acids is 3. The largest absolute Gasteiger partial charge is 0.321 e. The second-order valence-electron chi connectivity index (χ2n) is 7.75. The molecule has 29 heavy (non-hydrogen) atoms. The molecule has 2 aromatic rings. The zero-order chi connectivity index (χ0) is 20.7. The molecule has 2 aliphatic rings. The third-order valence-electron chi connectivity index (χ3n) is 5.78. The summed E-state index contributed by atoms with van der Waals surface area (Å²) in [6.45, 7) is 2.12. The first-order valence-electron chi connectivity index (χ1n) is 9.60. The Kier molecular flexibility index (Phi) is 5.36. The van der Waals surface area contributed by atoms with Gasteiger partial charge in [-0.3, -0.25) is 19.3 Å². The quantitative estimate of drug-likeness (QED) is 0.682. The Bertz CT molecular complexity index is 990. The Morgan fingerprint density at radius 2 is 1.69 bits per heavy atom. The van der Waals surface area contributed by atoms with E-state index in [9.17, 15) is 14.4 Å². The van der Waals surface area contributed by atoms with Crippen molar-refractivity contribution in [2.45, 2.75) is 26.2 Å². The maximum Gasteiger partial charge on any atom is 0.255 e. The van der Waals surface area contributed by atoms with Crippen molar-refractivity contribution in [3.63, 3.8) is 0 Å². The van der Waals surface area contributed by atoms with Gasteiger partial charge >= 0.3 is 0 Å². The van der Waals surface area contributed by atoms with E-state index >= 15 is 0 Å². The third kappa shape index (κ3) is 3.65. The molecule has 1 saturated carbocycles. The number of anilines is 2. The summed E-state index contributed by atoms with van der Waals surface area (Å²) >= 11 is 12.1. The van der Waals surface area contributed by atoms with E-state index in [1.165, 1.54) is 4.90 Å². The number of carbonyl (C=O) groups is 3. The van der Waals surface area contributed by atoms with Crippen LogP contribution in [0.2, 0.25) is 10.0 Å².